The molecule has 7 nitrogen and oxygen atoms in total. The van der Waals surface area contributed by atoms with Crippen LogP contribution in [0.3, 0.4) is 0 Å². The van der Waals surface area contributed by atoms with Gasteiger partial charge in [0.25, 0.3) is 0 Å². The maximum atomic E-state index is 12.8. The second-order valence-electron chi connectivity index (χ2n) is 5.89. The molecule has 1 aromatic rings. The van der Waals surface area contributed by atoms with Gasteiger partial charge in [-0.1, -0.05) is 30.7 Å². The van der Waals surface area contributed by atoms with Gasteiger partial charge in [0, 0.05) is 24.8 Å². The number of rotatable bonds is 6. The summed E-state index contributed by atoms with van der Waals surface area (Å²) in [5.41, 5.74) is 0. The van der Waals surface area contributed by atoms with Crippen molar-refractivity contribution in [3.05, 3.63) is 41.8 Å². The normalized spacial score (nSPS) is 19.8. The van der Waals surface area contributed by atoms with Crippen molar-refractivity contribution in [3.63, 3.8) is 0 Å². The Kier molecular flexibility index (Phi) is 6.36. The van der Waals surface area contributed by atoms with Crippen LogP contribution in [0.15, 0.2) is 46.7 Å². The quantitative estimate of drug-likeness (QED) is 0.783. The molecule has 1 amide bonds. The number of hydrogen-bond donors (Lipinski definition) is 1. The summed E-state index contributed by atoms with van der Waals surface area (Å²) in [5, 5.41) is 3.59. The van der Waals surface area contributed by atoms with Crippen LogP contribution < -0.4 is 5.32 Å². The van der Waals surface area contributed by atoms with E-state index < -0.39 is 31.8 Å². The molecule has 2 rings (SSSR count). The van der Waals surface area contributed by atoms with Crippen molar-refractivity contribution in [1.29, 1.82) is 0 Å². The van der Waals surface area contributed by atoms with Gasteiger partial charge in [0.15, 0.2) is 9.84 Å². The topological polar surface area (TPSA) is 101 Å². The summed E-state index contributed by atoms with van der Waals surface area (Å²) in [6.45, 7) is 0.316. The molecule has 0 saturated carbocycles. The van der Waals surface area contributed by atoms with E-state index in [0.29, 0.717) is 12.8 Å². The van der Waals surface area contributed by atoms with E-state index in [-0.39, 0.29) is 18.0 Å². The molecule has 0 aliphatic carbocycles. The molecule has 0 aromatic heterocycles. The monoisotopic (exact) mass is 386 g/mol. The molecule has 1 atom stereocenters. The van der Waals surface area contributed by atoms with Crippen molar-refractivity contribution in [2.24, 2.45) is 0 Å². The van der Waals surface area contributed by atoms with Crippen molar-refractivity contribution < 1.29 is 21.6 Å². The third-order valence-corrected chi connectivity index (χ3v) is 6.45. The van der Waals surface area contributed by atoms with E-state index in [1.165, 1.54) is 22.5 Å². The number of carbonyl (C=O) groups excluding carboxylic acids is 1. The SMILES string of the molecule is CS(=O)(=O)/C=C/CNC(=O)C1CCCCN1S(=O)(=O)c1ccccc1. The van der Waals surface area contributed by atoms with Crippen molar-refractivity contribution in [1.82, 2.24) is 9.62 Å². The summed E-state index contributed by atoms with van der Waals surface area (Å²) in [6.07, 6.45) is 4.28. The van der Waals surface area contributed by atoms with Gasteiger partial charge in [0.1, 0.15) is 6.04 Å². The molecule has 1 unspecified atom stereocenters. The third-order valence-electron chi connectivity index (χ3n) is 3.84. The highest BCUT2D eigenvalue weighted by Crippen LogP contribution is 2.25. The van der Waals surface area contributed by atoms with Gasteiger partial charge in [0.05, 0.1) is 4.90 Å². The van der Waals surface area contributed by atoms with E-state index >= 15 is 0 Å². The maximum Gasteiger partial charge on any atom is 0.243 e. The van der Waals surface area contributed by atoms with Gasteiger partial charge < -0.3 is 5.32 Å². The van der Waals surface area contributed by atoms with E-state index in [1.807, 2.05) is 0 Å². The number of sulfone groups is 1. The molecular formula is C16H22N2O5S2. The third kappa shape index (κ3) is 5.38. The molecule has 138 valence electrons. The molecule has 0 bridgehead atoms. The van der Waals surface area contributed by atoms with Crippen LogP contribution >= 0.6 is 0 Å². The maximum absolute atomic E-state index is 12.8. The zero-order chi connectivity index (χ0) is 18.5. The fraction of sp³-hybridized carbons (Fsp3) is 0.438. The average molecular weight is 386 g/mol. The van der Waals surface area contributed by atoms with Crippen LogP contribution in [-0.2, 0) is 24.7 Å². The first-order valence-corrected chi connectivity index (χ1v) is 11.3. The number of piperidine rings is 1. The molecule has 0 radical (unpaired) electrons. The summed E-state index contributed by atoms with van der Waals surface area (Å²) in [5.74, 6) is -0.419. The standard InChI is InChI=1S/C16H22N2O5S2/c1-24(20,21)13-7-11-17-16(19)15-10-5-6-12-18(15)25(22,23)14-8-3-2-4-9-14/h2-4,7-9,13,15H,5-6,10-12H2,1H3,(H,17,19)/b13-7+. The first kappa shape index (κ1) is 19.6. The fourth-order valence-electron chi connectivity index (χ4n) is 2.68. The van der Waals surface area contributed by atoms with Crippen LogP contribution in [-0.4, -0.2) is 52.4 Å². The van der Waals surface area contributed by atoms with Gasteiger partial charge in [-0.3, -0.25) is 4.79 Å². The minimum Gasteiger partial charge on any atom is -0.351 e. The molecule has 1 aromatic carbocycles. The van der Waals surface area contributed by atoms with Crippen LogP contribution in [0.2, 0.25) is 0 Å². The molecule has 25 heavy (non-hydrogen) atoms. The average Bonchev–Trinajstić information content (AvgIpc) is 2.58. The molecule has 9 heteroatoms. The van der Waals surface area contributed by atoms with Gasteiger partial charge in [0.2, 0.25) is 15.9 Å². The predicted molar refractivity (Wildman–Crippen MR) is 95.0 cm³/mol. The largest absolute Gasteiger partial charge is 0.351 e. The highest BCUT2D eigenvalue weighted by Gasteiger charge is 2.37. The van der Waals surface area contributed by atoms with E-state index in [4.69, 9.17) is 0 Å². The van der Waals surface area contributed by atoms with Gasteiger partial charge in [-0.15, -0.1) is 0 Å². The minimum absolute atomic E-state index is 0.0294. The van der Waals surface area contributed by atoms with E-state index in [0.717, 1.165) is 18.1 Å². The number of amides is 1. The summed E-state index contributed by atoms with van der Waals surface area (Å²) in [4.78, 5) is 12.6. The summed E-state index contributed by atoms with van der Waals surface area (Å²) >= 11 is 0. The number of benzene rings is 1. The Morgan fingerprint density at radius 1 is 1.20 bits per heavy atom. The minimum atomic E-state index is -3.75. The van der Waals surface area contributed by atoms with Crippen LogP contribution in [0.25, 0.3) is 0 Å². The molecule has 1 heterocycles. The van der Waals surface area contributed by atoms with Gasteiger partial charge >= 0.3 is 0 Å². The first-order chi connectivity index (χ1) is 11.7. The molecular weight excluding hydrogens is 364 g/mol. The van der Waals surface area contributed by atoms with Crippen molar-refractivity contribution in [2.75, 3.05) is 19.3 Å². The van der Waals surface area contributed by atoms with Gasteiger partial charge in [-0.2, -0.15) is 4.31 Å². The Morgan fingerprint density at radius 3 is 2.52 bits per heavy atom. The number of nitrogens with one attached hydrogen (secondary N) is 1. The van der Waals surface area contributed by atoms with Gasteiger partial charge in [-0.05, 0) is 25.0 Å². The van der Waals surface area contributed by atoms with Crippen LogP contribution in [0, 0.1) is 0 Å². The van der Waals surface area contributed by atoms with E-state index in [1.54, 1.807) is 18.2 Å². The first-order valence-electron chi connectivity index (χ1n) is 7.93. The number of hydrogen-bond acceptors (Lipinski definition) is 5. The van der Waals surface area contributed by atoms with Crippen LogP contribution in [0.5, 0.6) is 0 Å². The van der Waals surface area contributed by atoms with Gasteiger partial charge in [-0.25, -0.2) is 16.8 Å². The Bertz CT molecular complexity index is 833. The second kappa shape index (κ2) is 8.11. The summed E-state index contributed by atoms with van der Waals surface area (Å²) in [7, 11) is -7.01. The van der Waals surface area contributed by atoms with Crippen molar-refractivity contribution in [2.45, 2.75) is 30.2 Å². The number of carbonyl (C=O) groups is 1. The predicted octanol–water partition coefficient (Wildman–Crippen LogP) is 0.904. The molecule has 1 N–H and O–H groups in total. The van der Waals surface area contributed by atoms with Crippen molar-refractivity contribution in [3.8, 4) is 0 Å². The fourth-order valence-corrected chi connectivity index (χ4v) is 4.81. The Morgan fingerprint density at radius 2 is 1.88 bits per heavy atom. The number of sulfonamides is 1. The molecule has 1 fully saturated rings. The number of nitrogens with zero attached hydrogens (tertiary/aromatic N) is 1. The highest BCUT2D eigenvalue weighted by atomic mass is 32.2. The van der Waals surface area contributed by atoms with E-state index in [2.05, 4.69) is 5.32 Å². The molecule has 0 spiro atoms. The Hall–Kier alpha value is -1.71. The highest BCUT2D eigenvalue weighted by molar-refractivity contribution is 7.93. The summed E-state index contributed by atoms with van der Waals surface area (Å²) < 4.78 is 48.9. The zero-order valence-electron chi connectivity index (χ0n) is 14.0. The van der Waals surface area contributed by atoms with E-state index in [9.17, 15) is 21.6 Å². The van der Waals surface area contributed by atoms with Crippen LogP contribution in [0.4, 0.5) is 0 Å². The Balaban J connectivity index is 2.12. The molecule has 1 aliphatic heterocycles. The zero-order valence-corrected chi connectivity index (χ0v) is 15.6. The smallest absolute Gasteiger partial charge is 0.243 e. The van der Waals surface area contributed by atoms with Crippen molar-refractivity contribution >= 4 is 25.8 Å². The lowest BCUT2D eigenvalue weighted by Crippen LogP contribution is -2.51. The Labute approximate surface area is 148 Å². The van der Waals surface area contributed by atoms with Crippen LogP contribution in [0.1, 0.15) is 19.3 Å². The molecule has 1 saturated heterocycles. The lowest BCUT2D eigenvalue weighted by Gasteiger charge is -2.33. The lowest BCUT2D eigenvalue weighted by molar-refractivity contribution is -0.125. The molecule has 1 aliphatic rings. The lowest BCUT2D eigenvalue weighted by atomic mass is 10.0. The summed E-state index contributed by atoms with van der Waals surface area (Å²) in [6, 6.07) is 7.24. The second-order valence-corrected chi connectivity index (χ2v) is 9.71.